The number of aromatic nitrogens is 2. The van der Waals surface area contributed by atoms with Crippen molar-refractivity contribution in [3.63, 3.8) is 0 Å². The van der Waals surface area contributed by atoms with Crippen LogP contribution in [0.1, 0.15) is 23.1 Å². The predicted molar refractivity (Wildman–Crippen MR) is 99.0 cm³/mol. The van der Waals surface area contributed by atoms with Gasteiger partial charge in [-0.05, 0) is 31.2 Å². The number of amides is 1. The fraction of sp³-hybridized carbons (Fsp3) is 0.211. The molecule has 2 aromatic heterocycles. The first kappa shape index (κ1) is 17.1. The highest BCUT2D eigenvalue weighted by molar-refractivity contribution is 7.13. The first-order valence-electron chi connectivity index (χ1n) is 8.13. The van der Waals surface area contributed by atoms with Gasteiger partial charge in [0, 0.05) is 30.2 Å². The second kappa shape index (κ2) is 8.39. The third-order valence-corrected chi connectivity index (χ3v) is 4.42. The Morgan fingerprint density at radius 3 is 2.84 bits per heavy atom. The number of benzene rings is 1. The summed E-state index contributed by atoms with van der Waals surface area (Å²) in [5.74, 6) is 0.605. The molecule has 0 fully saturated rings. The summed E-state index contributed by atoms with van der Waals surface area (Å²) in [6.07, 6.45) is 2.44. The first-order valence-corrected chi connectivity index (χ1v) is 9.01. The van der Waals surface area contributed by atoms with Crippen molar-refractivity contribution in [2.75, 3.05) is 13.2 Å². The molecule has 2 heterocycles. The van der Waals surface area contributed by atoms with Crippen LogP contribution in [-0.4, -0.2) is 29.0 Å². The topological polar surface area (TPSA) is 64.1 Å². The zero-order valence-corrected chi connectivity index (χ0v) is 14.8. The number of para-hydroxylation sites is 1. The van der Waals surface area contributed by atoms with Crippen molar-refractivity contribution in [2.24, 2.45) is 0 Å². The molecule has 6 heteroatoms. The Bertz CT molecular complexity index is 833. The standard InChI is InChI=1S/C19H19N3O2S/c1-2-24-17-9-4-3-8-15(17)19-22-16(13-25-19)18(23)21-12-10-14-7-5-6-11-20-14/h3-9,11,13H,2,10,12H2,1H3,(H,21,23). The van der Waals surface area contributed by atoms with Crippen LogP contribution in [-0.2, 0) is 6.42 Å². The summed E-state index contributed by atoms with van der Waals surface area (Å²) in [6.45, 7) is 3.06. The number of ether oxygens (including phenoxy) is 1. The van der Waals surface area contributed by atoms with Gasteiger partial charge in [-0.25, -0.2) is 4.98 Å². The van der Waals surface area contributed by atoms with Gasteiger partial charge in [0.2, 0.25) is 0 Å². The maximum Gasteiger partial charge on any atom is 0.270 e. The van der Waals surface area contributed by atoms with E-state index in [1.807, 2.05) is 49.4 Å². The average molecular weight is 353 g/mol. The van der Waals surface area contributed by atoms with Gasteiger partial charge in [-0.3, -0.25) is 9.78 Å². The summed E-state index contributed by atoms with van der Waals surface area (Å²) in [7, 11) is 0. The van der Waals surface area contributed by atoms with Crippen LogP contribution in [0.5, 0.6) is 5.75 Å². The molecule has 128 valence electrons. The van der Waals surface area contributed by atoms with Crippen molar-refractivity contribution in [2.45, 2.75) is 13.3 Å². The molecular weight excluding hydrogens is 334 g/mol. The molecule has 0 aliphatic carbocycles. The molecule has 25 heavy (non-hydrogen) atoms. The number of hydrogen-bond donors (Lipinski definition) is 1. The summed E-state index contributed by atoms with van der Waals surface area (Å²) in [5, 5.41) is 5.43. The fourth-order valence-corrected chi connectivity index (χ4v) is 3.20. The van der Waals surface area contributed by atoms with Crippen LogP contribution in [0.3, 0.4) is 0 Å². The van der Waals surface area contributed by atoms with Crippen LogP contribution in [0.15, 0.2) is 54.0 Å². The summed E-state index contributed by atoms with van der Waals surface area (Å²) >= 11 is 1.44. The lowest BCUT2D eigenvalue weighted by molar-refractivity contribution is 0.0950. The SMILES string of the molecule is CCOc1ccccc1-c1nc(C(=O)NCCc2ccccn2)cs1. The van der Waals surface area contributed by atoms with Crippen LogP contribution in [0, 0.1) is 0 Å². The summed E-state index contributed by atoms with van der Waals surface area (Å²) < 4.78 is 5.63. The van der Waals surface area contributed by atoms with Crippen molar-refractivity contribution >= 4 is 17.2 Å². The van der Waals surface area contributed by atoms with Gasteiger partial charge >= 0.3 is 0 Å². The molecule has 5 nitrogen and oxygen atoms in total. The van der Waals surface area contributed by atoms with E-state index in [1.54, 1.807) is 11.6 Å². The maximum absolute atomic E-state index is 12.3. The van der Waals surface area contributed by atoms with Gasteiger partial charge in [0.15, 0.2) is 0 Å². The number of thiazole rings is 1. The van der Waals surface area contributed by atoms with Gasteiger partial charge in [0.1, 0.15) is 16.5 Å². The van der Waals surface area contributed by atoms with Crippen molar-refractivity contribution in [3.05, 3.63) is 65.4 Å². The number of carbonyl (C=O) groups excluding carboxylic acids is 1. The van der Waals surface area contributed by atoms with Gasteiger partial charge in [-0.15, -0.1) is 11.3 Å². The van der Waals surface area contributed by atoms with E-state index in [0.29, 0.717) is 25.3 Å². The van der Waals surface area contributed by atoms with Crippen molar-refractivity contribution in [1.82, 2.24) is 15.3 Å². The quantitative estimate of drug-likeness (QED) is 0.705. The molecule has 3 rings (SSSR count). The molecule has 0 aliphatic rings. The second-order valence-corrected chi connectivity index (χ2v) is 6.15. The fourth-order valence-electron chi connectivity index (χ4n) is 2.37. The molecule has 0 atom stereocenters. The highest BCUT2D eigenvalue weighted by atomic mass is 32.1. The Balaban J connectivity index is 1.64. The molecule has 1 aromatic carbocycles. The Labute approximate surface area is 150 Å². The minimum Gasteiger partial charge on any atom is -0.493 e. The normalized spacial score (nSPS) is 10.4. The molecule has 0 unspecified atom stereocenters. The summed E-state index contributed by atoms with van der Waals surface area (Å²) in [4.78, 5) is 21.0. The predicted octanol–water partition coefficient (Wildman–Crippen LogP) is 3.58. The Morgan fingerprint density at radius 1 is 1.20 bits per heavy atom. The molecule has 1 amide bonds. The van der Waals surface area contributed by atoms with Crippen LogP contribution >= 0.6 is 11.3 Å². The Morgan fingerprint density at radius 2 is 2.04 bits per heavy atom. The van der Waals surface area contributed by atoms with Crippen LogP contribution < -0.4 is 10.1 Å². The highest BCUT2D eigenvalue weighted by Crippen LogP contribution is 2.32. The van der Waals surface area contributed by atoms with Gasteiger partial charge in [0.25, 0.3) is 5.91 Å². The number of carbonyl (C=O) groups is 1. The number of rotatable bonds is 7. The van der Waals surface area contributed by atoms with Crippen LogP contribution in [0.2, 0.25) is 0 Å². The van der Waals surface area contributed by atoms with E-state index < -0.39 is 0 Å². The zero-order chi connectivity index (χ0) is 17.5. The minimum absolute atomic E-state index is 0.174. The van der Waals surface area contributed by atoms with Crippen LogP contribution in [0.25, 0.3) is 10.6 Å². The summed E-state index contributed by atoms with van der Waals surface area (Å²) in [5.41, 5.74) is 2.28. The van der Waals surface area contributed by atoms with Gasteiger partial charge in [-0.1, -0.05) is 18.2 Å². The molecule has 1 N–H and O–H groups in total. The largest absolute Gasteiger partial charge is 0.493 e. The molecule has 0 spiro atoms. The third-order valence-electron chi connectivity index (χ3n) is 3.55. The van der Waals surface area contributed by atoms with Crippen molar-refractivity contribution < 1.29 is 9.53 Å². The van der Waals surface area contributed by atoms with Crippen molar-refractivity contribution in [1.29, 1.82) is 0 Å². The third kappa shape index (κ3) is 4.42. The summed E-state index contributed by atoms with van der Waals surface area (Å²) in [6, 6.07) is 13.5. The maximum atomic E-state index is 12.3. The van der Waals surface area contributed by atoms with Crippen molar-refractivity contribution in [3.8, 4) is 16.3 Å². The van der Waals surface area contributed by atoms with Gasteiger partial charge < -0.3 is 10.1 Å². The van der Waals surface area contributed by atoms with Crippen LogP contribution in [0.4, 0.5) is 0 Å². The first-order chi connectivity index (χ1) is 12.3. The number of nitrogens with one attached hydrogen (secondary N) is 1. The smallest absolute Gasteiger partial charge is 0.270 e. The van der Waals surface area contributed by atoms with E-state index in [4.69, 9.17) is 4.74 Å². The lowest BCUT2D eigenvalue weighted by Crippen LogP contribution is -2.26. The lowest BCUT2D eigenvalue weighted by Gasteiger charge is -2.07. The molecule has 0 aliphatic heterocycles. The number of hydrogen-bond acceptors (Lipinski definition) is 5. The van der Waals surface area contributed by atoms with Gasteiger partial charge in [-0.2, -0.15) is 0 Å². The molecule has 3 aromatic rings. The van der Waals surface area contributed by atoms with E-state index in [9.17, 15) is 4.79 Å². The molecular formula is C19H19N3O2S. The zero-order valence-electron chi connectivity index (χ0n) is 13.9. The van der Waals surface area contributed by atoms with Gasteiger partial charge in [0.05, 0.1) is 12.2 Å². The minimum atomic E-state index is -0.174. The number of pyridine rings is 1. The molecule has 0 bridgehead atoms. The monoisotopic (exact) mass is 353 g/mol. The van der Waals surface area contributed by atoms with E-state index in [2.05, 4.69) is 15.3 Å². The lowest BCUT2D eigenvalue weighted by atomic mass is 10.2. The van der Waals surface area contributed by atoms with E-state index in [-0.39, 0.29) is 5.91 Å². The molecule has 0 saturated heterocycles. The average Bonchev–Trinajstić information content (AvgIpc) is 3.13. The Hall–Kier alpha value is -2.73. The van der Waals surface area contributed by atoms with E-state index in [1.165, 1.54) is 11.3 Å². The Kier molecular flexibility index (Phi) is 5.74. The second-order valence-electron chi connectivity index (χ2n) is 5.29. The molecule has 0 radical (unpaired) electrons. The highest BCUT2D eigenvalue weighted by Gasteiger charge is 2.14. The van der Waals surface area contributed by atoms with E-state index >= 15 is 0 Å². The molecule has 0 saturated carbocycles. The number of nitrogens with zero attached hydrogens (tertiary/aromatic N) is 2. The van der Waals surface area contributed by atoms with E-state index in [0.717, 1.165) is 22.0 Å².